The molecule has 1 aromatic heterocycles. The second-order valence-electron chi connectivity index (χ2n) is 7.25. The van der Waals surface area contributed by atoms with Crippen LogP contribution in [0.15, 0.2) is 51.4 Å². The molecular formula is C23H21BrN2O5. The summed E-state index contributed by atoms with van der Waals surface area (Å²) < 4.78 is 12.2. The fourth-order valence-electron chi connectivity index (χ4n) is 3.60. The lowest BCUT2D eigenvalue weighted by Gasteiger charge is -2.15. The van der Waals surface area contributed by atoms with Crippen LogP contribution in [0, 0.1) is 0 Å². The number of rotatable bonds is 7. The van der Waals surface area contributed by atoms with Crippen molar-refractivity contribution in [1.82, 2.24) is 10.2 Å². The number of hydrogen-bond donors (Lipinski definition) is 1. The van der Waals surface area contributed by atoms with E-state index in [0.717, 1.165) is 14.8 Å². The van der Waals surface area contributed by atoms with E-state index in [1.807, 2.05) is 38.1 Å². The smallest absolute Gasteiger partial charge is 0.261 e. The number of furan rings is 1. The molecule has 3 amide bonds. The highest BCUT2D eigenvalue weighted by Gasteiger charge is 2.35. The Labute approximate surface area is 187 Å². The SMILES string of the molecule is CCOc1cccc2cc(C(C)NC(=O)CCN3C(=O)c4ccc(Br)cc4C3=O)oc12. The minimum atomic E-state index is -0.386. The van der Waals surface area contributed by atoms with Crippen LogP contribution in [0.5, 0.6) is 5.75 Å². The van der Waals surface area contributed by atoms with Crippen LogP contribution in [0.2, 0.25) is 0 Å². The fraction of sp³-hybridized carbons (Fsp3) is 0.261. The van der Waals surface area contributed by atoms with Gasteiger partial charge in [-0.05, 0) is 44.2 Å². The van der Waals surface area contributed by atoms with Crippen LogP contribution in [-0.4, -0.2) is 35.8 Å². The Kier molecular flexibility index (Phi) is 5.82. The lowest BCUT2D eigenvalue weighted by molar-refractivity contribution is -0.121. The Morgan fingerprint density at radius 3 is 2.71 bits per heavy atom. The summed E-state index contributed by atoms with van der Waals surface area (Å²) in [6.45, 7) is 4.25. The molecule has 8 heteroatoms. The second kappa shape index (κ2) is 8.55. The Morgan fingerprint density at radius 2 is 1.94 bits per heavy atom. The van der Waals surface area contributed by atoms with Gasteiger partial charge in [0.05, 0.1) is 23.8 Å². The predicted molar refractivity (Wildman–Crippen MR) is 118 cm³/mol. The topological polar surface area (TPSA) is 88.9 Å². The molecule has 0 radical (unpaired) electrons. The number of carbonyl (C=O) groups is 3. The maximum absolute atomic E-state index is 12.5. The van der Waals surface area contributed by atoms with E-state index < -0.39 is 0 Å². The molecule has 0 bridgehead atoms. The van der Waals surface area contributed by atoms with Gasteiger partial charge in [-0.15, -0.1) is 0 Å². The molecule has 160 valence electrons. The summed E-state index contributed by atoms with van der Waals surface area (Å²) in [5.74, 6) is 0.204. The van der Waals surface area contributed by atoms with Crippen molar-refractivity contribution in [3.05, 3.63) is 63.8 Å². The third kappa shape index (κ3) is 4.07. The van der Waals surface area contributed by atoms with Gasteiger partial charge >= 0.3 is 0 Å². The Morgan fingerprint density at radius 1 is 1.16 bits per heavy atom. The van der Waals surface area contributed by atoms with E-state index in [1.54, 1.807) is 18.2 Å². The molecule has 0 aliphatic carbocycles. The molecule has 3 aromatic rings. The summed E-state index contributed by atoms with van der Waals surface area (Å²) in [5, 5.41) is 3.75. The van der Waals surface area contributed by atoms with Crippen molar-refractivity contribution in [1.29, 1.82) is 0 Å². The number of imide groups is 1. The number of halogens is 1. The number of fused-ring (bicyclic) bond motifs is 2. The minimum absolute atomic E-state index is 0.00139. The third-order valence-electron chi connectivity index (χ3n) is 5.13. The van der Waals surface area contributed by atoms with E-state index in [4.69, 9.17) is 9.15 Å². The average molecular weight is 485 g/mol. The largest absolute Gasteiger partial charge is 0.490 e. The van der Waals surface area contributed by atoms with Crippen LogP contribution in [0.4, 0.5) is 0 Å². The molecule has 1 aliphatic heterocycles. The van der Waals surface area contributed by atoms with E-state index >= 15 is 0 Å². The van der Waals surface area contributed by atoms with E-state index in [9.17, 15) is 14.4 Å². The van der Waals surface area contributed by atoms with Crippen molar-refractivity contribution in [2.24, 2.45) is 0 Å². The molecular weight excluding hydrogens is 464 g/mol. The van der Waals surface area contributed by atoms with Gasteiger partial charge in [0.25, 0.3) is 11.8 Å². The summed E-state index contributed by atoms with van der Waals surface area (Å²) >= 11 is 3.31. The molecule has 1 unspecified atom stereocenters. The zero-order valence-electron chi connectivity index (χ0n) is 17.1. The van der Waals surface area contributed by atoms with Gasteiger partial charge < -0.3 is 14.5 Å². The quantitative estimate of drug-likeness (QED) is 0.500. The summed E-state index contributed by atoms with van der Waals surface area (Å²) in [4.78, 5) is 38.6. The van der Waals surface area contributed by atoms with Gasteiger partial charge in [-0.2, -0.15) is 0 Å². The number of amides is 3. The lowest BCUT2D eigenvalue weighted by Crippen LogP contribution is -2.35. The third-order valence-corrected chi connectivity index (χ3v) is 5.62. The molecule has 2 heterocycles. The molecule has 31 heavy (non-hydrogen) atoms. The number of ether oxygens (including phenoxy) is 1. The zero-order chi connectivity index (χ0) is 22.1. The van der Waals surface area contributed by atoms with Gasteiger partial charge in [-0.1, -0.05) is 28.1 Å². The maximum atomic E-state index is 12.5. The van der Waals surface area contributed by atoms with Crippen LogP contribution in [0.25, 0.3) is 11.0 Å². The molecule has 1 atom stereocenters. The second-order valence-corrected chi connectivity index (χ2v) is 8.16. The molecule has 1 aliphatic rings. The summed E-state index contributed by atoms with van der Waals surface area (Å²) in [6.07, 6.45) is 0.00139. The average Bonchev–Trinajstić information content (AvgIpc) is 3.28. The van der Waals surface area contributed by atoms with Crippen molar-refractivity contribution in [3.8, 4) is 5.75 Å². The number of para-hydroxylation sites is 1. The van der Waals surface area contributed by atoms with Gasteiger partial charge in [0, 0.05) is 22.8 Å². The molecule has 0 fully saturated rings. The first-order valence-corrected chi connectivity index (χ1v) is 10.8. The van der Waals surface area contributed by atoms with Gasteiger partial charge in [0.15, 0.2) is 11.3 Å². The standard InChI is InChI=1S/C23H21BrN2O5/c1-3-30-18-6-4-5-14-11-19(31-21(14)18)13(2)25-20(27)9-10-26-22(28)16-8-7-15(24)12-17(16)23(26)29/h4-8,11-13H,3,9-10H2,1-2H3,(H,25,27). The summed E-state index contributed by atoms with van der Waals surface area (Å²) in [5.41, 5.74) is 1.34. The Hall–Kier alpha value is -3.13. The van der Waals surface area contributed by atoms with Crippen LogP contribution < -0.4 is 10.1 Å². The minimum Gasteiger partial charge on any atom is -0.490 e. The first-order valence-electron chi connectivity index (χ1n) is 9.99. The Bertz CT molecular complexity index is 1190. The van der Waals surface area contributed by atoms with E-state index in [2.05, 4.69) is 21.2 Å². The zero-order valence-corrected chi connectivity index (χ0v) is 18.7. The Balaban J connectivity index is 1.39. The van der Waals surface area contributed by atoms with Gasteiger partial charge in [-0.3, -0.25) is 19.3 Å². The van der Waals surface area contributed by atoms with E-state index in [1.165, 1.54) is 0 Å². The monoisotopic (exact) mass is 484 g/mol. The highest BCUT2D eigenvalue weighted by molar-refractivity contribution is 9.10. The highest BCUT2D eigenvalue weighted by atomic mass is 79.9. The normalized spacial score (nSPS) is 14.1. The van der Waals surface area contributed by atoms with E-state index in [-0.39, 0.29) is 36.7 Å². The first-order chi connectivity index (χ1) is 14.9. The first kappa shape index (κ1) is 21.1. The number of hydrogen-bond acceptors (Lipinski definition) is 5. The molecule has 4 rings (SSSR count). The van der Waals surface area contributed by atoms with Crippen LogP contribution in [-0.2, 0) is 4.79 Å². The van der Waals surface area contributed by atoms with Crippen LogP contribution >= 0.6 is 15.9 Å². The maximum Gasteiger partial charge on any atom is 0.261 e. The van der Waals surface area contributed by atoms with Gasteiger partial charge in [-0.25, -0.2) is 0 Å². The van der Waals surface area contributed by atoms with Crippen molar-refractivity contribution in [3.63, 3.8) is 0 Å². The fourth-order valence-corrected chi connectivity index (χ4v) is 3.96. The predicted octanol–water partition coefficient (Wildman–Crippen LogP) is 4.46. The number of nitrogens with one attached hydrogen (secondary N) is 1. The van der Waals surface area contributed by atoms with Crippen molar-refractivity contribution in [2.45, 2.75) is 26.3 Å². The number of nitrogens with zero attached hydrogens (tertiary/aromatic N) is 1. The van der Waals surface area contributed by atoms with Gasteiger partial charge in [0.1, 0.15) is 5.76 Å². The van der Waals surface area contributed by atoms with Crippen molar-refractivity contribution >= 4 is 44.6 Å². The highest BCUT2D eigenvalue weighted by Crippen LogP contribution is 2.31. The van der Waals surface area contributed by atoms with E-state index in [0.29, 0.717) is 34.8 Å². The lowest BCUT2D eigenvalue weighted by atomic mass is 10.1. The van der Waals surface area contributed by atoms with Crippen LogP contribution in [0.3, 0.4) is 0 Å². The van der Waals surface area contributed by atoms with Crippen molar-refractivity contribution < 1.29 is 23.5 Å². The molecule has 0 spiro atoms. The summed E-state index contributed by atoms with van der Waals surface area (Å²) in [6, 6.07) is 12.1. The number of carbonyl (C=O) groups excluding carboxylic acids is 3. The van der Waals surface area contributed by atoms with Crippen molar-refractivity contribution in [2.75, 3.05) is 13.2 Å². The number of benzene rings is 2. The molecule has 2 aromatic carbocycles. The van der Waals surface area contributed by atoms with Gasteiger partial charge in [0.2, 0.25) is 5.91 Å². The van der Waals surface area contributed by atoms with Crippen LogP contribution in [0.1, 0.15) is 52.8 Å². The summed E-state index contributed by atoms with van der Waals surface area (Å²) in [7, 11) is 0. The molecule has 7 nitrogen and oxygen atoms in total. The molecule has 0 saturated heterocycles. The molecule has 1 N–H and O–H groups in total. The molecule has 0 saturated carbocycles.